The zero-order valence-electron chi connectivity index (χ0n) is 40.3. The second-order valence-corrected chi connectivity index (χ2v) is 19.1. The van der Waals surface area contributed by atoms with Gasteiger partial charge in [0.15, 0.2) is 0 Å². The average molecular weight is 1110 g/mol. The Morgan fingerprint density at radius 2 is 1.07 bits per heavy atom. The molecule has 4 aromatic carbocycles. The molecule has 0 unspecified atom stereocenters. The van der Waals surface area contributed by atoms with E-state index in [4.69, 9.17) is 59.5 Å². The van der Waals surface area contributed by atoms with Crippen LogP contribution in [0.1, 0.15) is 82.6 Å². The average Bonchev–Trinajstić information content (AvgIpc) is 3.28. The lowest BCUT2D eigenvalue weighted by Gasteiger charge is -2.14. The van der Waals surface area contributed by atoms with Crippen LogP contribution in [0.5, 0.6) is 11.5 Å². The molecule has 0 saturated carbocycles. The predicted octanol–water partition coefficient (Wildman–Crippen LogP) is 7.01. The Morgan fingerprint density at radius 1 is 0.662 bits per heavy atom. The highest BCUT2D eigenvalue weighted by Crippen LogP contribution is 2.30. The van der Waals surface area contributed by atoms with E-state index >= 15 is 0 Å². The first-order chi connectivity index (χ1) is 34.4. The maximum Gasteiger partial charge on any atom is 0.354 e. The molecule has 0 aliphatic rings. The van der Waals surface area contributed by atoms with Crippen molar-refractivity contribution in [1.29, 1.82) is 10.5 Å². The SMILES string of the molecule is CCOc1cc(-n2c(=O)cc(C(F)F)[nH]c2=O)c(Cl)cc1C#N.CCOc1cc(-n2c(=O)cc(C(F)F)n(N)c2=O)c(Cl)cc1C#N.Cc1cc(C)c(S(=O)(=O)O)c(C)c1.Cc1cc(C)c(S(=O)(=O)ON)c(C)c1. The standard InChI is InChI=1S/C14H11ClF2N4O3.C14H10ClF2N3O3.C9H13NO3S.C9H12O3S/c1-2-24-11-4-9(8(15)3-7(11)6-18)20-12(22)5-10(13(16)17)21(19)14(20)23;1-2-23-11-5-10(8(15)3-7(11)6-18)20-12(21)4-9(13(16)17)19-14(20)22;1-6-4-7(2)9(8(3)5-6)14(11,12)13-10;1-6-4-7(2)9(8(3)5-6)13(10,11)12/h3-5,13H,2,19H2,1H3;3-5,13H,2H2,1H3,(H,19,22);4-5H,10H2,1-3H3;4-5H,1-3H3,(H,10,11,12). The van der Waals surface area contributed by atoms with Crippen LogP contribution in [0.4, 0.5) is 17.6 Å². The predicted molar refractivity (Wildman–Crippen MR) is 264 cm³/mol. The molecule has 20 nitrogen and oxygen atoms in total. The number of benzene rings is 4. The van der Waals surface area contributed by atoms with Crippen LogP contribution in [0.2, 0.25) is 10.0 Å². The summed E-state index contributed by atoms with van der Waals surface area (Å²) in [6, 6.07) is 16.8. The molecule has 6 rings (SSSR count). The summed E-state index contributed by atoms with van der Waals surface area (Å²) in [7, 11) is -7.88. The van der Waals surface area contributed by atoms with Crippen molar-refractivity contribution in [3.8, 4) is 35.0 Å². The molecule has 2 heterocycles. The quantitative estimate of drug-likeness (QED) is 0.0439. The summed E-state index contributed by atoms with van der Waals surface area (Å²) in [4.78, 5) is 50.3. The molecule has 28 heteroatoms. The van der Waals surface area contributed by atoms with E-state index in [1.54, 1.807) is 65.8 Å². The molecule has 0 spiro atoms. The van der Waals surface area contributed by atoms with Crippen LogP contribution in [0.3, 0.4) is 0 Å². The molecule has 0 fully saturated rings. The molecule has 2 aromatic heterocycles. The number of nitrogens with two attached hydrogens (primary N) is 2. The third-order valence-corrected chi connectivity index (χ3v) is 13.0. The van der Waals surface area contributed by atoms with Crippen molar-refractivity contribution >= 4 is 43.4 Å². The Hall–Kier alpha value is -7.30. The number of aromatic nitrogens is 4. The number of H-pyrrole nitrogens is 1. The van der Waals surface area contributed by atoms with E-state index in [1.807, 2.05) is 31.0 Å². The number of hydrogen-bond acceptors (Lipinski definition) is 15. The van der Waals surface area contributed by atoms with Crippen molar-refractivity contribution in [2.45, 2.75) is 78.0 Å². The Kier molecular flexibility index (Phi) is 21.1. The van der Waals surface area contributed by atoms with Gasteiger partial charge in [0.05, 0.1) is 56.4 Å². The van der Waals surface area contributed by atoms with Gasteiger partial charge in [0.2, 0.25) is 0 Å². The van der Waals surface area contributed by atoms with Gasteiger partial charge in [-0.2, -0.15) is 37.5 Å². The fourth-order valence-electron chi connectivity index (χ4n) is 7.16. The van der Waals surface area contributed by atoms with Crippen LogP contribution in [0.15, 0.2) is 89.6 Å². The number of nitrogen functional groups attached to an aromatic ring is 1. The smallest absolute Gasteiger partial charge is 0.354 e. The number of aryl methyl sites for hydroxylation is 6. The number of nitriles is 2. The molecule has 0 radical (unpaired) electrons. The summed E-state index contributed by atoms with van der Waals surface area (Å²) in [6.45, 7) is 14.4. The van der Waals surface area contributed by atoms with Crippen LogP contribution in [-0.4, -0.2) is 53.4 Å². The van der Waals surface area contributed by atoms with Crippen molar-refractivity contribution in [2.24, 2.45) is 5.90 Å². The molecule has 0 atom stereocenters. The number of hydrogen-bond donors (Lipinski definition) is 4. The van der Waals surface area contributed by atoms with Gasteiger partial charge in [-0.05, 0) is 89.8 Å². The molecular weight excluding hydrogens is 1070 g/mol. The number of ether oxygens (including phenoxy) is 2. The second-order valence-electron chi connectivity index (χ2n) is 15.4. The first kappa shape index (κ1) is 61.0. The molecule has 0 amide bonds. The van der Waals surface area contributed by atoms with Crippen LogP contribution >= 0.6 is 23.2 Å². The highest BCUT2D eigenvalue weighted by atomic mass is 35.5. The lowest BCUT2D eigenvalue weighted by atomic mass is 10.1. The first-order valence-corrected chi connectivity index (χ1v) is 24.6. The van der Waals surface area contributed by atoms with Gasteiger partial charge < -0.3 is 20.3 Å². The minimum atomic E-state index is -4.08. The molecule has 0 aliphatic heterocycles. The zero-order chi connectivity index (χ0) is 56.3. The third-order valence-electron chi connectivity index (χ3n) is 9.84. The summed E-state index contributed by atoms with van der Waals surface area (Å²) in [5, 5.41) is 17.9. The lowest BCUT2D eigenvalue weighted by Crippen LogP contribution is -2.43. The first-order valence-electron chi connectivity index (χ1n) is 21.0. The number of aromatic amines is 1. The van der Waals surface area contributed by atoms with E-state index < -0.39 is 67.0 Å². The minimum Gasteiger partial charge on any atom is -0.492 e. The van der Waals surface area contributed by atoms with Crippen molar-refractivity contribution in [1.82, 2.24) is 18.8 Å². The van der Waals surface area contributed by atoms with Crippen molar-refractivity contribution < 1.29 is 52.7 Å². The molecule has 0 bridgehead atoms. The molecule has 396 valence electrons. The van der Waals surface area contributed by atoms with Gasteiger partial charge in [-0.3, -0.25) is 14.1 Å². The van der Waals surface area contributed by atoms with Gasteiger partial charge >= 0.3 is 21.5 Å². The monoisotopic (exact) mass is 1110 g/mol. The topological polar surface area (TPSA) is 315 Å². The zero-order valence-corrected chi connectivity index (χ0v) is 43.4. The van der Waals surface area contributed by atoms with Crippen LogP contribution < -0.4 is 43.7 Å². The number of nitrogens with one attached hydrogen (secondary N) is 1. The summed E-state index contributed by atoms with van der Waals surface area (Å²) in [5.41, 5.74) is -1.51. The maximum absolute atomic E-state index is 12.8. The van der Waals surface area contributed by atoms with E-state index in [-0.39, 0.29) is 71.7 Å². The van der Waals surface area contributed by atoms with E-state index in [0.717, 1.165) is 11.1 Å². The summed E-state index contributed by atoms with van der Waals surface area (Å²) < 4.78 is 120. The Balaban J connectivity index is 0.000000269. The Labute approximate surface area is 429 Å². The maximum atomic E-state index is 12.8. The summed E-state index contributed by atoms with van der Waals surface area (Å²) in [6.07, 6.45) is -6.08. The molecule has 0 aliphatic carbocycles. The molecule has 6 N–H and O–H groups in total. The van der Waals surface area contributed by atoms with Crippen LogP contribution in [0.25, 0.3) is 11.4 Å². The largest absolute Gasteiger partial charge is 0.492 e. The highest BCUT2D eigenvalue weighted by molar-refractivity contribution is 7.86. The second kappa shape index (κ2) is 25.6. The fourth-order valence-corrected chi connectivity index (χ4v) is 9.59. The van der Waals surface area contributed by atoms with E-state index in [0.29, 0.717) is 43.5 Å². The van der Waals surface area contributed by atoms with Gasteiger partial charge in [0.1, 0.15) is 34.2 Å². The van der Waals surface area contributed by atoms with E-state index in [1.165, 1.54) is 24.3 Å². The van der Waals surface area contributed by atoms with Crippen LogP contribution in [-0.2, 0) is 24.5 Å². The number of rotatable bonds is 11. The van der Waals surface area contributed by atoms with Gasteiger partial charge in [-0.1, -0.05) is 58.6 Å². The van der Waals surface area contributed by atoms with Crippen molar-refractivity contribution in [3.05, 3.63) is 168 Å². The van der Waals surface area contributed by atoms with Gasteiger partial charge in [0, 0.05) is 24.3 Å². The molecular formula is C46H46Cl2F4N8O12S2. The lowest BCUT2D eigenvalue weighted by molar-refractivity contribution is 0.141. The number of nitrogens with zero attached hydrogens (tertiary/aromatic N) is 5. The molecule has 74 heavy (non-hydrogen) atoms. The van der Waals surface area contributed by atoms with Crippen molar-refractivity contribution in [2.75, 3.05) is 19.1 Å². The number of alkyl halides is 4. The van der Waals surface area contributed by atoms with Gasteiger partial charge in [0.25, 0.3) is 34.1 Å². The summed E-state index contributed by atoms with van der Waals surface area (Å²) in [5.74, 6) is 10.3. The van der Waals surface area contributed by atoms with Crippen LogP contribution in [0, 0.1) is 64.2 Å². The normalized spacial score (nSPS) is 11.0. The van der Waals surface area contributed by atoms with Crippen molar-refractivity contribution in [3.63, 3.8) is 0 Å². The molecule has 6 aromatic rings. The fraction of sp³-hybridized carbons (Fsp3) is 0.261. The van der Waals surface area contributed by atoms with E-state index in [9.17, 15) is 53.6 Å². The highest BCUT2D eigenvalue weighted by Gasteiger charge is 2.23. The van der Waals surface area contributed by atoms with E-state index in [2.05, 4.69) is 4.28 Å². The Morgan fingerprint density at radius 3 is 1.42 bits per heavy atom. The Bertz CT molecular complexity index is 3590. The minimum absolute atomic E-state index is 0.0260. The molecule has 0 saturated heterocycles. The third kappa shape index (κ3) is 14.7. The summed E-state index contributed by atoms with van der Waals surface area (Å²) >= 11 is 12.0. The van der Waals surface area contributed by atoms with Gasteiger partial charge in [-0.15, -0.1) is 0 Å². The van der Waals surface area contributed by atoms with Gasteiger partial charge in [-0.25, -0.2) is 41.0 Å². The number of halogens is 6.